The molecule has 24 heavy (non-hydrogen) atoms. The Balaban J connectivity index is 1.74. The first-order valence-electron chi connectivity index (χ1n) is 7.17. The van der Waals surface area contributed by atoms with Crippen LogP contribution in [0.3, 0.4) is 0 Å². The van der Waals surface area contributed by atoms with E-state index in [4.69, 9.17) is 4.42 Å². The number of hydrogen-bond donors (Lipinski definition) is 1. The van der Waals surface area contributed by atoms with E-state index in [2.05, 4.69) is 10.3 Å². The maximum atomic E-state index is 12.5. The number of carbonyl (C=O) groups excluding carboxylic acids is 1. The van der Waals surface area contributed by atoms with Gasteiger partial charge in [-0.1, -0.05) is 18.2 Å². The molecule has 0 fully saturated rings. The summed E-state index contributed by atoms with van der Waals surface area (Å²) in [7, 11) is 0. The van der Waals surface area contributed by atoms with Crippen molar-refractivity contribution < 1.29 is 22.4 Å². The van der Waals surface area contributed by atoms with Gasteiger partial charge in [-0.2, -0.15) is 13.2 Å². The monoisotopic (exact) mass is 334 g/mol. The Labute approximate surface area is 135 Å². The van der Waals surface area contributed by atoms with Gasteiger partial charge >= 0.3 is 6.18 Å². The first-order valence-corrected chi connectivity index (χ1v) is 7.17. The van der Waals surface area contributed by atoms with Crippen LogP contribution in [0, 0.1) is 0 Å². The molecule has 1 aromatic carbocycles. The number of amides is 1. The van der Waals surface area contributed by atoms with Crippen molar-refractivity contribution in [2.24, 2.45) is 0 Å². The molecule has 0 spiro atoms. The molecule has 124 valence electrons. The number of nitrogens with one attached hydrogen (secondary N) is 1. The van der Waals surface area contributed by atoms with Crippen molar-refractivity contribution in [3.8, 4) is 0 Å². The second kappa shape index (κ2) is 5.99. The Hall–Kier alpha value is -2.83. The molecule has 0 aliphatic rings. The van der Waals surface area contributed by atoms with Crippen LogP contribution in [0.25, 0.3) is 11.0 Å². The molecule has 1 unspecified atom stereocenters. The van der Waals surface area contributed by atoms with Crippen LogP contribution in [-0.2, 0) is 6.18 Å². The third kappa shape index (κ3) is 3.24. The number of pyridine rings is 1. The third-order valence-corrected chi connectivity index (χ3v) is 3.54. The zero-order valence-corrected chi connectivity index (χ0v) is 12.6. The average Bonchev–Trinajstić information content (AvgIpc) is 2.98. The van der Waals surface area contributed by atoms with E-state index in [9.17, 15) is 18.0 Å². The average molecular weight is 334 g/mol. The normalized spacial score (nSPS) is 13.0. The number of alkyl halides is 3. The second-order valence-corrected chi connectivity index (χ2v) is 5.31. The standard InChI is InChI=1S/C17H13F3N2O2/c1-10(14-8-11-4-2-3-5-13(11)24-14)22-16(23)12-6-7-15(21-9-12)17(18,19)20/h2-10H,1H3,(H,22,23). The second-order valence-electron chi connectivity index (χ2n) is 5.31. The highest BCUT2D eigenvalue weighted by molar-refractivity contribution is 5.94. The van der Waals surface area contributed by atoms with Crippen molar-refractivity contribution in [3.05, 3.63) is 65.7 Å². The van der Waals surface area contributed by atoms with Crippen molar-refractivity contribution >= 4 is 16.9 Å². The largest absolute Gasteiger partial charge is 0.459 e. The summed E-state index contributed by atoms with van der Waals surface area (Å²) in [6.45, 7) is 1.73. The SMILES string of the molecule is CC(NC(=O)c1ccc(C(F)(F)F)nc1)c1cc2ccccc2o1. The van der Waals surface area contributed by atoms with Crippen LogP contribution >= 0.6 is 0 Å². The van der Waals surface area contributed by atoms with Gasteiger partial charge < -0.3 is 9.73 Å². The fourth-order valence-corrected chi connectivity index (χ4v) is 2.26. The summed E-state index contributed by atoms with van der Waals surface area (Å²) in [5, 5.41) is 3.58. The number of halogens is 3. The van der Waals surface area contributed by atoms with E-state index < -0.39 is 23.8 Å². The van der Waals surface area contributed by atoms with E-state index in [1.807, 2.05) is 30.3 Å². The highest BCUT2D eigenvalue weighted by Crippen LogP contribution is 2.27. The first-order chi connectivity index (χ1) is 11.3. The summed E-state index contributed by atoms with van der Waals surface area (Å²) in [5.74, 6) is 0.0357. The van der Waals surface area contributed by atoms with Crippen molar-refractivity contribution in [1.29, 1.82) is 0 Å². The Bertz CT molecular complexity index is 836. The van der Waals surface area contributed by atoms with Gasteiger partial charge in [0.05, 0.1) is 11.6 Å². The number of furan rings is 1. The van der Waals surface area contributed by atoms with Crippen LogP contribution in [0.15, 0.2) is 53.1 Å². The molecule has 3 rings (SSSR count). The van der Waals surface area contributed by atoms with Gasteiger partial charge in [0.2, 0.25) is 0 Å². The number of benzene rings is 1. The first kappa shape index (κ1) is 16.0. The number of rotatable bonds is 3. The molecule has 4 nitrogen and oxygen atoms in total. The number of fused-ring (bicyclic) bond motifs is 1. The molecule has 0 saturated carbocycles. The van der Waals surface area contributed by atoms with Crippen molar-refractivity contribution in [2.75, 3.05) is 0 Å². The topological polar surface area (TPSA) is 55.1 Å². The lowest BCUT2D eigenvalue weighted by Crippen LogP contribution is -2.26. The summed E-state index contributed by atoms with van der Waals surface area (Å²) in [4.78, 5) is 15.4. The van der Waals surface area contributed by atoms with Crippen LogP contribution in [0.5, 0.6) is 0 Å². The highest BCUT2D eigenvalue weighted by Gasteiger charge is 2.32. The van der Waals surface area contributed by atoms with E-state index in [1.54, 1.807) is 6.92 Å². The van der Waals surface area contributed by atoms with E-state index in [1.165, 1.54) is 0 Å². The van der Waals surface area contributed by atoms with Crippen LogP contribution in [0.2, 0.25) is 0 Å². The molecule has 2 heterocycles. The molecule has 0 aliphatic heterocycles. The molecular formula is C17H13F3N2O2. The van der Waals surface area contributed by atoms with Gasteiger partial charge in [-0.05, 0) is 31.2 Å². The van der Waals surface area contributed by atoms with Gasteiger partial charge in [0, 0.05) is 11.6 Å². The van der Waals surface area contributed by atoms with Gasteiger partial charge in [0.25, 0.3) is 5.91 Å². The quantitative estimate of drug-likeness (QED) is 0.775. The molecule has 1 N–H and O–H groups in total. The molecular weight excluding hydrogens is 321 g/mol. The van der Waals surface area contributed by atoms with Crippen LogP contribution in [-0.4, -0.2) is 10.9 Å². The Morgan fingerprint density at radius 3 is 2.58 bits per heavy atom. The minimum absolute atomic E-state index is 0.0472. The summed E-state index contributed by atoms with van der Waals surface area (Å²) >= 11 is 0. The number of carbonyl (C=O) groups is 1. The molecule has 0 saturated heterocycles. The van der Waals surface area contributed by atoms with Crippen molar-refractivity contribution in [3.63, 3.8) is 0 Å². The van der Waals surface area contributed by atoms with Crippen LogP contribution < -0.4 is 5.32 Å². The van der Waals surface area contributed by atoms with Crippen LogP contribution in [0.1, 0.15) is 34.8 Å². The Morgan fingerprint density at radius 2 is 1.96 bits per heavy atom. The molecule has 3 aromatic rings. The van der Waals surface area contributed by atoms with E-state index in [0.717, 1.165) is 23.7 Å². The molecule has 1 amide bonds. The van der Waals surface area contributed by atoms with E-state index in [0.29, 0.717) is 11.3 Å². The predicted molar refractivity (Wildman–Crippen MR) is 81.3 cm³/mol. The van der Waals surface area contributed by atoms with Crippen molar-refractivity contribution in [1.82, 2.24) is 10.3 Å². The van der Waals surface area contributed by atoms with Crippen molar-refractivity contribution in [2.45, 2.75) is 19.1 Å². The lowest BCUT2D eigenvalue weighted by atomic mass is 10.2. The molecule has 2 aromatic heterocycles. The fourth-order valence-electron chi connectivity index (χ4n) is 2.26. The lowest BCUT2D eigenvalue weighted by molar-refractivity contribution is -0.141. The van der Waals surface area contributed by atoms with E-state index >= 15 is 0 Å². The molecule has 0 bridgehead atoms. The molecule has 0 radical (unpaired) electrons. The number of para-hydroxylation sites is 1. The maximum Gasteiger partial charge on any atom is 0.433 e. The summed E-state index contributed by atoms with van der Waals surface area (Å²) < 4.78 is 43.1. The fraction of sp³-hybridized carbons (Fsp3) is 0.176. The number of hydrogen-bond acceptors (Lipinski definition) is 3. The van der Waals surface area contributed by atoms with Gasteiger partial charge in [0.15, 0.2) is 0 Å². The Morgan fingerprint density at radius 1 is 1.21 bits per heavy atom. The molecule has 0 aliphatic carbocycles. The zero-order chi connectivity index (χ0) is 17.3. The Kier molecular flexibility index (Phi) is 4.01. The van der Waals surface area contributed by atoms with E-state index in [-0.39, 0.29) is 5.56 Å². The lowest BCUT2D eigenvalue weighted by Gasteiger charge is -2.12. The minimum Gasteiger partial charge on any atom is -0.459 e. The number of nitrogens with zero attached hydrogens (tertiary/aromatic N) is 1. The van der Waals surface area contributed by atoms with Gasteiger partial charge in [-0.3, -0.25) is 9.78 Å². The maximum absolute atomic E-state index is 12.5. The summed E-state index contributed by atoms with van der Waals surface area (Å²) in [6, 6.07) is 10.7. The summed E-state index contributed by atoms with van der Waals surface area (Å²) in [5.41, 5.74) is -0.292. The van der Waals surface area contributed by atoms with Gasteiger partial charge in [0.1, 0.15) is 17.0 Å². The van der Waals surface area contributed by atoms with Gasteiger partial charge in [-0.25, -0.2) is 0 Å². The summed E-state index contributed by atoms with van der Waals surface area (Å²) in [6.07, 6.45) is -3.62. The predicted octanol–water partition coefficient (Wildman–Crippen LogP) is 4.34. The zero-order valence-electron chi connectivity index (χ0n) is 12.6. The highest BCUT2D eigenvalue weighted by atomic mass is 19.4. The van der Waals surface area contributed by atoms with Crippen LogP contribution in [0.4, 0.5) is 13.2 Å². The smallest absolute Gasteiger partial charge is 0.433 e. The minimum atomic E-state index is -4.53. The molecule has 7 heteroatoms. The third-order valence-electron chi connectivity index (χ3n) is 3.54. The van der Waals surface area contributed by atoms with Gasteiger partial charge in [-0.15, -0.1) is 0 Å². The number of aromatic nitrogens is 1. The molecule has 1 atom stereocenters.